The van der Waals surface area contributed by atoms with E-state index >= 15 is 0 Å². The van der Waals surface area contributed by atoms with E-state index in [1.165, 1.54) is 0 Å². The molecule has 2 rings (SSSR count). The van der Waals surface area contributed by atoms with Gasteiger partial charge in [-0.05, 0) is 25.0 Å². The summed E-state index contributed by atoms with van der Waals surface area (Å²) in [5, 5.41) is 5.44. The van der Waals surface area contributed by atoms with E-state index in [2.05, 4.69) is 10.6 Å². The van der Waals surface area contributed by atoms with Crippen LogP contribution in [0.4, 0.5) is 5.69 Å². The van der Waals surface area contributed by atoms with Gasteiger partial charge in [0.25, 0.3) is 5.91 Å². The van der Waals surface area contributed by atoms with Gasteiger partial charge in [-0.1, -0.05) is 32.9 Å². The summed E-state index contributed by atoms with van der Waals surface area (Å²) < 4.78 is 0. The number of benzene rings is 1. The Morgan fingerprint density at radius 1 is 1.08 bits per heavy atom. The first-order chi connectivity index (χ1) is 11.7. The van der Waals surface area contributed by atoms with E-state index in [0.717, 1.165) is 0 Å². The van der Waals surface area contributed by atoms with Crippen molar-refractivity contribution in [2.24, 2.45) is 11.3 Å². The second kappa shape index (κ2) is 7.68. The van der Waals surface area contributed by atoms with Crippen molar-refractivity contribution < 1.29 is 14.4 Å². The minimum atomic E-state index is -0.401. The van der Waals surface area contributed by atoms with Crippen LogP contribution in [0.1, 0.15) is 44.0 Å². The maximum absolute atomic E-state index is 12.6. The van der Waals surface area contributed by atoms with Gasteiger partial charge in [-0.15, -0.1) is 0 Å². The van der Waals surface area contributed by atoms with E-state index in [0.29, 0.717) is 37.2 Å². The number of piperidine rings is 1. The smallest absolute Gasteiger partial charge is 0.253 e. The maximum atomic E-state index is 12.6. The SMILES string of the molecule is CNC(=O)c1ccccc1NC(=O)C1CCN(C(=O)C(C)(C)C)CC1. The molecule has 1 saturated heterocycles. The average molecular weight is 345 g/mol. The summed E-state index contributed by atoms with van der Waals surface area (Å²) in [4.78, 5) is 38.6. The molecule has 0 aromatic heterocycles. The molecule has 136 valence electrons. The van der Waals surface area contributed by atoms with Crippen LogP contribution in [0.2, 0.25) is 0 Å². The van der Waals surface area contributed by atoms with Crippen molar-refractivity contribution in [2.45, 2.75) is 33.6 Å². The molecule has 25 heavy (non-hydrogen) atoms. The molecule has 1 aromatic carbocycles. The largest absolute Gasteiger partial charge is 0.355 e. The van der Waals surface area contributed by atoms with Crippen molar-refractivity contribution in [3.8, 4) is 0 Å². The Morgan fingerprint density at radius 3 is 2.24 bits per heavy atom. The minimum Gasteiger partial charge on any atom is -0.355 e. The van der Waals surface area contributed by atoms with Gasteiger partial charge in [0.15, 0.2) is 0 Å². The summed E-state index contributed by atoms with van der Waals surface area (Å²) in [6, 6.07) is 6.95. The van der Waals surface area contributed by atoms with Crippen LogP contribution in [-0.4, -0.2) is 42.8 Å². The molecule has 0 radical (unpaired) electrons. The number of likely N-dealkylation sites (tertiary alicyclic amines) is 1. The van der Waals surface area contributed by atoms with Gasteiger partial charge in [-0.3, -0.25) is 14.4 Å². The van der Waals surface area contributed by atoms with Crippen molar-refractivity contribution in [1.82, 2.24) is 10.2 Å². The Hall–Kier alpha value is -2.37. The lowest BCUT2D eigenvalue weighted by atomic mass is 9.90. The molecule has 0 aliphatic carbocycles. The predicted octanol–water partition coefficient (Wildman–Crippen LogP) is 2.27. The van der Waals surface area contributed by atoms with Crippen LogP contribution >= 0.6 is 0 Å². The molecule has 0 spiro atoms. The first kappa shape index (κ1) is 19.0. The lowest BCUT2D eigenvalue weighted by Gasteiger charge is -2.35. The topological polar surface area (TPSA) is 78.5 Å². The first-order valence-electron chi connectivity index (χ1n) is 8.65. The van der Waals surface area contributed by atoms with Crippen molar-refractivity contribution in [2.75, 3.05) is 25.5 Å². The number of nitrogens with one attached hydrogen (secondary N) is 2. The Kier molecular flexibility index (Phi) is 5.82. The Bertz CT molecular complexity index is 656. The number of para-hydroxylation sites is 1. The Morgan fingerprint density at radius 2 is 1.68 bits per heavy atom. The average Bonchev–Trinajstić information content (AvgIpc) is 2.60. The van der Waals surface area contributed by atoms with E-state index in [-0.39, 0.29) is 23.6 Å². The molecule has 3 amide bonds. The molecular formula is C19H27N3O3. The molecule has 0 saturated carbocycles. The zero-order valence-corrected chi connectivity index (χ0v) is 15.4. The summed E-state index contributed by atoms with van der Waals surface area (Å²) in [7, 11) is 1.56. The highest BCUT2D eigenvalue weighted by Crippen LogP contribution is 2.25. The highest BCUT2D eigenvalue weighted by Gasteiger charge is 2.32. The van der Waals surface area contributed by atoms with Crippen LogP contribution in [0.15, 0.2) is 24.3 Å². The Labute approximate surface area is 149 Å². The summed E-state index contributed by atoms with van der Waals surface area (Å²) in [6.07, 6.45) is 1.27. The van der Waals surface area contributed by atoms with Crippen LogP contribution in [0.5, 0.6) is 0 Å². The van der Waals surface area contributed by atoms with Crippen molar-refractivity contribution in [1.29, 1.82) is 0 Å². The molecule has 2 N–H and O–H groups in total. The fourth-order valence-electron chi connectivity index (χ4n) is 2.98. The standard InChI is InChI=1S/C19H27N3O3/c1-19(2,3)18(25)22-11-9-13(10-12-22)16(23)21-15-8-6-5-7-14(15)17(24)20-4/h5-8,13H,9-12H2,1-4H3,(H,20,24)(H,21,23). The number of carbonyl (C=O) groups is 3. The summed E-state index contributed by atoms with van der Waals surface area (Å²) >= 11 is 0. The third-order valence-corrected chi connectivity index (χ3v) is 4.45. The summed E-state index contributed by atoms with van der Waals surface area (Å²) in [6.45, 7) is 6.90. The molecule has 1 aliphatic rings. The van der Waals surface area contributed by atoms with Crippen LogP contribution in [0, 0.1) is 11.3 Å². The van der Waals surface area contributed by atoms with Gasteiger partial charge in [0.1, 0.15) is 0 Å². The van der Waals surface area contributed by atoms with Crippen molar-refractivity contribution in [3.63, 3.8) is 0 Å². The third-order valence-electron chi connectivity index (χ3n) is 4.45. The van der Waals surface area contributed by atoms with Crippen LogP contribution < -0.4 is 10.6 Å². The molecule has 1 fully saturated rings. The van der Waals surface area contributed by atoms with Gasteiger partial charge in [-0.2, -0.15) is 0 Å². The fourth-order valence-corrected chi connectivity index (χ4v) is 2.98. The molecule has 0 atom stereocenters. The van der Waals surface area contributed by atoms with Gasteiger partial charge in [-0.25, -0.2) is 0 Å². The van der Waals surface area contributed by atoms with E-state index in [1.54, 1.807) is 31.3 Å². The fraction of sp³-hybridized carbons (Fsp3) is 0.526. The number of hydrogen-bond acceptors (Lipinski definition) is 3. The third kappa shape index (κ3) is 4.59. The molecule has 0 unspecified atom stereocenters. The van der Waals surface area contributed by atoms with Crippen LogP contribution in [0.25, 0.3) is 0 Å². The monoisotopic (exact) mass is 345 g/mol. The van der Waals surface area contributed by atoms with Crippen molar-refractivity contribution in [3.05, 3.63) is 29.8 Å². The van der Waals surface area contributed by atoms with Gasteiger partial charge in [0, 0.05) is 31.5 Å². The number of anilines is 1. The molecule has 6 nitrogen and oxygen atoms in total. The quantitative estimate of drug-likeness (QED) is 0.882. The minimum absolute atomic E-state index is 0.0980. The second-order valence-corrected chi connectivity index (χ2v) is 7.43. The summed E-state index contributed by atoms with van der Waals surface area (Å²) in [5.74, 6) is -0.362. The van der Waals surface area contributed by atoms with Crippen LogP contribution in [0.3, 0.4) is 0 Å². The number of amides is 3. The van der Waals surface area contributed by atoms with Crippen molar-refractivity contribution >= 4 is 23.4 Å². The van der Waals surface area contributed by atoms with Crippen LogP contribution in [-0.2, 0) is 9.59 Å². The van der Waals surface area contributed by atoms with Gasteiger partial charge in [0.2, 0.25) is 11.8 Å². The highest BCUT2D eigenvalue weighted by molar-refractivity contribution is 6.04. The molecule has 1 heterocycles. The summed E-state index contributed by atoms with van der Waals surface area (Å²) in [5.41, 5.74) is 0.556. The molecule has 6 heteroatoms. The molecule has 1 aromatic rings. The zero-order chi connectivity index (χ0) is 18.6. The number of rotatable bonds is 3. The maximum Gasteiger partial charge on any atom is 0.253 e. The van der Waals surface area contributed by atoms with E-state index < -0.39 is 5.41 Å². The number of carbonyl (C=O) groups excluding carboxylic acids is 3. The molecule has 0 bridgehead atoms. The van der Waals surface area contributed by atoms with E-state index in [4.69, 9.17) is 0 Å². The lowest BCUT2D eigenvalue weighted by Crippen LogP contribution is -2.45. The number of nitrogens with zero attached hydrogens (tertiary/aromatic N) is 1. The number of hydrogen-bond donors (Lipinski definition) is 2. The predicted molar refractivity (Wildman–Crippen MR) is 97.2 cm³/mol. The van der Waals surface area contributed by atoms with Gasteiger partial charge < -0.3 is 15.5 Å². The lowest BCUT2D eigenvalue weighted by molar-refractivity contribution is -0.142. The Balaban J connectivity index is 1.98. The van der Waals surface area contributed by atoms with Gasteiger partial charge >= 0.3 is 0 Å². The zero-order valence-electron chi connectivity index (χ0n) is 15.4. The second-order valence-electron chi connectivity index (χ2n) is 7.43. The first-order valence-corrected chi connectivity index (χ1v) is 8.65. The highest BCUT2D eigenvalue weighted by atomic mass is 16.2. The van der Waals surface area contributed by atoms with E-state index in [1.807, 2.05) is 25.7 Å². The molecular weight excluding hydrogens is 318 g/mol. The normalized spacial score (nSPS) is 15.6. The van der Waals surface area contributed by atoms with Gasteiger partial charge in [0.05, 0.1) is 11.3 Å². The molecule has 1 aliphatic heterocycles. The van der Waals surface area contributed by atoms with E-state index in [9.17, 15) is 14.4 Å².